The predicted octanol–water partition coefficient (Wildman–Crippen LogP) is 3.33. The minimum absolute atomic E-state index is 0.111. The van der Waals surface area contributed by atoms with Crippen molar-refractivity contribution in [3.8, 4) is 11.3 Å². The van der Waals surface area contributed by atoms with Crippen molar-refractivity contribution in [3.05, 3.63) is 70.7 Å². The molecule has 2 heterocycles. The fraction of sp³-hybridized carbons (Fsp3) is 0.227. The van der Waals surface area contributed by atoms with Crippen molar-refractivity contribution in [2.75, 3.05) is 6.54 Å². The second kappa shape index (κ2) is 6.64. The lowest BCUT2D eigenvalue weighted by Crippen LogP contribution is -2.27. The van der Waals surface area contributed by atoms with Gasteiger partial charge < -0.3 is 10.3 Å². The Morgan fingerprint density at radius 1 is 1.18 bits per heavy atom. The zero-order valence-electron chi connectivity index (χ0n) is 15.7. The number of nitrogens with one attached hydrogen (secondary N) is 3. The first-order valence-electron chi connectivity index (χ1n) is 9.58. The molecule has 2 aromatic carbocycles. The van der Waals surface area contributed by atoms with Crippen molar-refractivity contribution in [3.63, 3.8) is 0 Å². The number of amides is 1. The molecule has 6 nitrogen and oxygen atoms in total. The molecule has 0 unspecified atom stereocenters. The Morgan fingerprint density at radius 3 is 3.00 bits per heavy atom. The summed E-state index contributed by atoms with van der Waals surface area (Å²) in [5, 5.41) is 10.4. The van der Waals surface area contributed by atoms with Gasteiger partial charge in [0.2, 0.25) is 0 Å². The van der Waals surface area contributed by atoms with E-state index in [-0.39, 0.29) is 5.91 Å². The van der Waals surface area contributed by atoms with Crippen LogP contribution in [0.4, 0.5) is 0 Å². The van der Waals surface area contributed by atoms with Crippen molar-refractivity contribution in [1.82, 2.24) is 25.5 Å². The summed E-state index contributed by atoms with van der Waals surface area (Å²) in [6.07, 6.45) is 2.41. The van der Waals surface area contributed by atoms with E-state index in [0.29, 0.717) is 18.7 Å². The molecule has 0 aliphatic heterocycles. The van der Waals surface area contributed by atoms with Gasteiger partial charge in [-0.05, 0) is 43.0 Å². The lowest BCUT2D eigenvalue weighted by molar-refractivity contribution is 0.0948. The van der Waals surface area contributed by atoms with E-state index in [2.05, 4.69) is 50.6 Å². The molecule has 0 bridgehead atoms. The second-order valence-corrected chi connectivity index (χ2v) is 7.29. The molecule has 0 saturated carbocycles. The van der Waals surface area contributed by atoms with Gasteiger partial charge in [-0.1, -0.05) is 30.3 Å². The number of aryl methyl sites for hydroxylation is 2. The minimum Gasteiger partial charge on any atom is -0.350 e. The molecule has 0 saturated heterocycles. The Kier molecular flexibility index (Phi) is 3.97. The minimum atomic E-state index is -0.111. The molecular weight excluding hydrogens is 350 g/mol. The zero-order valence-corrected chi connectivity index (χ0v) is 15.7. The number of imidazole rings is 1. The number of aromatic nitrogens is 4. The van der Waals surface area contributed by atoms with Gasteiger partial charge in [-0.15, -0.1) is 0 Å². The highest BCUT2D eigenvalue weighted by atomic mass is 16.1. The van der Waals surface area contributed by atoms with Gasteiger partial charge in [0, 0.05) is 24.1 Å². The van der Waals surface area contributed by atoms with Crippen LogP contribution in [0.2, 0.25) is 0 Å². The third-order valence-electron chi connectivity index (χ3n) is 5.34. The van der Waals surface area contributed by atoms with Crippen LogP contribution in [-0.2, 0) is 19.3 Å². The van der Waals surface area contributed by atoms with Crippen molar-refractivity contribution < 1.29 is 4.79 Å². The highest BCUT2D eigenvalue weighted by molar-refractivity contribution is 5.96. The Balaban J connectivity index is 1.28. The number of H-pyrrole nitrogens is 2. The first-order valence-corrected chi connectivity index (χ1v) is 9.58. The molecule has 1 aliphatic carbocycles. The van der Waals surface area contributed by atoms with Crippen LogP contribution in [0.15, 0.2) is 42.5 Å². The van der Waals surface area contributed by atoms with Crippen LogP contribution in [0.1, 0.15) is 33.0 Å². The van der Waals surface area contributed by atoms with E-state index >= 15 is 0 Å². The predicted molar refractivity (Wildman–Crippen MR) is 108 cm³/mol. The van der Waals surface area contributed by atoms with Gasteiger partial charge in [0.15, 0.2) is 0 Å². The summed E-state index contributed by atoms with van der Waals surface area (Å²) < 4.78 is 0. The Bertz CT molecular complexity index is 1190. The number of aromatic amines is 2. The molecule has 0 fully saturated rings. The lowest BCUT2D eigenvalue weighted by atomic mass is 9.89. The Hall–Kier alpha value is -3.41. The molecule has 28 heavy (non-hydrogen) atoms. The maximum Gasteiger partial charge on any atom is 0.269 e. The maximum absolute atomic E-state index is 12.7. The van der Waals surface area contributed by atoms with Gasteiger partial charge in [0.05, 0.1) is 16.7 Å². The number of rotatable bonds is 4. The second-order valence-electron chi connectivity index (χ2n) is 7.29. The molecule has 0 radical (unpaired) electrons. The molecule has 1 amide bonds. The quantitative estimate of drug-likeness (QED) is 0.514. The average molecular weight is 371 g/mol. The van der Waals surface area contributed by atoms with Crippen LogP contribution >= 0.6 is 0 Å². The zero-order chi connectivity index (χ0) is 19.1. The largest absolute Gasteiger partial charge is 0.350 e. The monoisotopic (exact) mass is 371 g/mol. The summed E-state index contributed by atoms with van der Waals surface area (Å²) in [7, 11) is 0. The first-order chi connectivity index (χ1) is 13.7. The SMILES string of the molecule is Cc1ccc2nc(CCNC(=O)c3[nH]nc4c3CCc3ccccc3-4)[nH]c2c1. The summed E-state index contributed by atoms with van der Waals surface area (Å²) in [6.45, 7) is 2.58. The number of hydrogen-bond acceptors (Lipinski definition) is 3. The van der Waals surface area contributed by atoms with E-state index < -0.39 is 0 Å². The summed E-state index contributed by atoms with van der Waals surface area (Å²) in [5.74, 6) is 0.765. The number of carbonyl (C=O) groups is 1. The maximum atomic E-state index is 12.7. The van der Waals surface area contributed by atoms with Crippen LogP contribution < -0.4 is 5.32 Å². The molecule has 0 atom stereocenters. The van der Waals surface area contributed by atoms with Gasteiger partial charge in [-0.3, -0.25) is 9.89 Å². The van der Waals surface area contributed by atoms with Crippen LogP contribution in [0.25, 0.3) is 22.3 Å². The van der Waals surface area contributed by atoms with Gasteiger partial charge in [0.1, 0.15) is 11.5 Å². The van der Waals surface area contributed by atoms with Crippen molar-refractivity contribution >= 4 is 16.9 Å². The molecule has 1 aliphatic rings. The van der Waals surface area contributed by atoms with Gasteiger partial charge in [0.25, 0.3) is 5.91 Å². The average Bonchev–Trinajstić information content (AvgIpc) is 3.31. The van der Waals surface area contributed by atoms with Crippen molar-refractivity contribution in [2.45, 2.75) is 26.2 Å². The van der Waals surface area contributed by atoms with E-state index in [4.69, 9.17) is 0 Å². The Morgan fingerprint density at radius 2 is 2.07 bits per heavy atom. The van der Waals surface area contributed by atoms with Crippen molar-refractivity contribution in [1.29, 1.82) is 0 Å². The standard InChI is InChI=1S/C22H21N5O/c1-13-6-9-17-18(12-13)25-19(24-17)10-11-23-22(28)21-16-8-7-14-4-2-3-5-15(14)20(16)26-27-21/h2-6,9,12H,7-8,10-11H2,1H3,(H,23,28)(H,24,25)(H,26,27). The third-order valence-corrected chi connectivity index (χ3v) is 5.34. The molecule has 4 aromatic rings. The molecule has 5 rings (SSSR count). The molecule has 2 aromatic heterocycles. The third kappa shape index (κ3) is 2.87. The normalized spacial score (nSPS) is 12.6. The molecule has 3 N–H and O–H groups in total. The number of carbonyl (C=O) groups excluding carboxylic acids is 1. The van der Waals surface area contributed by atoms with Gasteiger partial charge >= 0.3 is 0 Å². The van der Waals surface area contributed by atoms with Crippen LogP contribution in [-0.4, -0.2) is 32.6 Å². The van der Waals surface area contributed by atoms with E-state index in [1.807, 2.05) is 24.3 Å². The molecule has 140 valence electrons. The van der Waals surface area contributed by atoms with E-state index in [1.54, 1.807) is 0 Å². The summed E-state index contributed by atoms with van der Waals surface area (Å²) in [4.78, 5) is 20.6. The molecule has 0 spiro atoms. The smallest absolute Gasteiger partial charge is 0.269 e. The van der Waals surface area contributed by atoms with Crippen LogP contribution in [0, 0.1) is 6.92 Å². The first kappa shape index (κ1) is 16.7. The fourth-order valence-corrected chi connectivity index (χ4v) is 3.93. The molecular formula is C22H21N5O. The molecule has 6 heteroatoms. The summed E-state index contributed by atoms with van der Waals surface area (Å²) in [6, 6.07) is 14.4. The van der Waals surface area contributed by atoms with Crippen LogP contribution in [0.3, 0.4) is 0 Å². The number of nitrogens with zero attached hydrogens (tertiary/aromatic N) is 2. The fourth-order valence-electron chi connectivity index (χ4n) is 3.93. The summed E-state index contributed by atoms with van der Waals surface area (Å²) >= 11 is 0. The Labute approximate surface area is 162 Å². The van der Waals surface area contributed by atoms with E-state index in [1.165, 1.54) is 11.1 Å². The van der Waals surface area contributed by atoms with Gasteiger partial charge in [-0.2, -0.15) is 5.10 Å². The van der Waals surface area contributed by atoms with Crippen LogP contribution in [0.5, 0.6) is 0 Å². The highest BCUT2D eigenvalue weighted by Crippen LogP contribution is 2.33. The summed E-state index contributed by atoms with van der Waals surface area (Å²) in [5.41, 5.74) is 8.07. The van der Waals surface area contributed by atoms with E-state index in [0.717, 1.165) is 46.5 Å². The van der Waals surface area contributed by atoms with Gasteiger partial charge in [-0.25, -0.2) is 4.98 Å². The number of hydrogen-bond donors (Lipinski definition) is 3. The topological polar surface area (TPSA) is 86.5 Å². The lowest BCUT2D eigenvalue weighted by Gasteiger charge is -2.15. The van der Waals surface area contributed by atoms with Crippen molar-refractivity contribution in [2.24, 2.45) is 0 Å². The number of benzene rings is 2. The van der Waals surface area contributed by atoms with E-state index in [9.17, 15) is 4.79 Å². The highest BCUT2D eigenvalue weighted by Gasteiger charge is 2.24. The number of fused-ring (bicyclic) bond motifs is 4.